The fraction of sp³-hybridized carbons (Fsp3) is 0.632. The first kappa shape index (κ1) is 19.4. The van der Waals surface area contributed by atoms with Gasteiger partial charge in [0.15, 0.2) is 0 Å². The molecule has 0 saturated heterocycles. The summed E-state index contributed by atoms with van der Waals surface area (Å²) in [4.78, 5) is 6.58. The molecule has 1 aliphatic carbocycles. The molecule has 0 bridgehead atoms. The van der Waals surface area contributed by atoms with Crippen LogP contribution in [0.1, 0.15) is 38.3 Å². The van der Waals surface area contributed by atoms with Crippen molar-refractivity contribution in [3.8, 4) is 11.8 Å². The first-order valence-electron chi connectivity index (χ1n) is 8.86. The van der Waals surface area contributed by atoms with E-state index in [1.165, 1.54) is 25.7 Å². The molecule has 4 nitrogen and oxygen atoms in total. The lowest BCUT2D eigenvalue weighted by atomic mass is 9.86. The molecule has 1 aromatic rings. The maximum atomic E-state index is 8.99. The molecule has 0 aromatic carbocycles. The molecular formula is C19H28BrN3O. The Hall–Kier alpha value is -0.930. The zero-order valence-electron chi connectivity index (χ0n) is 14.5. The number of aliphatic hydroxyl groups excluding tert-OH is 1. The topological polar surface area (TPSA) is 48.4 Å². The lowest BCUT2D eigenvalue weighted by Gasteiger charge is -2.26. The van der Waals surface area contributed by atoms with E-state index in [-0.39, 0.29) is 6.61 Å². The van der Waals surface area contributed by atoms with Crippen molar-refractivity contribution in [3.05, 3.63) is 28.5 Å². The van der Waals surface area contributed by atoms with Gasteiger partial charge in [0.1, 0.15) is 0 Å². The predicted molar refractivity (Wildman–Crippen MR) is 101 cm³/mol. The second kappa shape index (κ2) is 10.8. The third-order valence-electron chi connectivity index (χ3n) is 4.56. The Morgan fingerprint density at radius 1 is 1.33 bits per heavy atom. The number of rotatable bonds is 7. The summed E-state index contributed by atoms with van der Waals surface area (Å²) in [5, 5.41) is 12.6. The fourth-order valence-electron chi connectivity index (χ4n) is 2.99. The van der Waals surface area contributed by atoms with Crippen molar-refractivity contribution < 1.29 is 5.11 Å². The molecule has 2 N–H and O–H groups in total. The predicted octanol–water partition coefficient (Wildman–Crippen LogP) is 2.81. The molecule has 0 spiro atoms. The van der Waals surface area contributed by atoms with Crippen molar-refractivity contribution >= 4 is 15.9 Å². The van der Waals surface area contributed by atoms with Crippen LogP contribution >= 0.6 is 15.9 Å². The van der Waals surface area contributed by atoms with Crippen molar-refractivity contribution in [2.24, 2.45) is 5.92 Å². The highest BCUT2D eigenvalue weighted by Crippen LogP contribution is 2.23. The summed E-state index contributed by atoms with van der Waals surface area (Å²) < 4.78 is 1.02. The number of aliphatic hydroxyl groups is 1. The number of hydrogen-bond donors (Lipinski definition) is 2. The van der Waals surface area contributed by atoms with E-state index in [1.807, 2.05) is 12.3 Å². The summed E-state index contributed by atoms with van der Waals surface area (Å²) in [6.45, 7) is 5.57. The second-order valence-corrected chi connectivity index (χ2v) is 7.23. The van der Waals surface area contributed by atoms with Crippen molar-refractivity contribution in [1.82, 2.24) is 15.2 Å². The molecule has 132 valence electrons. The largest absolute Gasteiger partial charge is 0.395 e. The van der Waals surface area contributed by atoms with E-state index in [2.05, 4.69) is 56.0 Å². The molecule has 1 heterocycles. The Bertz CT molecular complexity index is 530. The van der Waals surface area contributed by atoms with Crippen LogP contribution in [0.25, 0.3) is 0 Å². The summed E-state index contributed by atoms with van der Waals surface area (Å²) in [7, 11) is 0. The van der Waals surface area contributed by atoms with Gasteiger partial charge in [-0.3, -0.25) is 9.88 Å². The lowest BCUT2D eigenvalue weighted by molar-refractivity contribution is 0.216. The monoisotopic (exact) mass is 393 g/mol. The molecule has 24 heavy (non-hydrogen) atoms. The van der Waals surface area contributed by atoms with Crippen molar-refractivity contribution in [1.29, 1.82) is 0 Å². The molecule has 2 rings (SSSR count). The minimum Gasteiger partial charge on any atom is -0.395 e. The van der Waals surface area contributed by atoms with Crippen LogP contribution in [0.2, 0.25) is 0 Å². The van der Waals surface area contributed by atoms with Gasteiger partial charge >= 0.3 is 0 Å². The third kappa shape index (κ3) is 6.90. The molecule has 1 fully saturated rings. The van der Waals surface area contributed by atoms with Crippen LogP contribution in [0.5, 0.6) is 0 Å². The Labute approximate surface area is 154 Å². The van der Waals surface area contributed by atoms with Gasteiger partial charge in [0.2, 0.25) is 0 Å². The van der Waals surface area contributed by atoms with Crippen molar-refractivity contribution in [3.63, 3.8) is 0 Å². The molecule has 0 radical (unpaired) electrons. The third-order valence-corrected chi connectivity index (χ3v) is 5.03. The van der Waals surface area contributed by atoms with Gasteiger partial charge in [-0.25, -0.2) is 0 Å². The van der Waals surface area contributed by atoms with Crippen LogP contribution in [0.4, 0.5) is 0 Å². The average molecular weight is 394 g/mol. The van der Waals surface area contributed by atoms with E-state index >= 15 is 0 Å². The van der Waals surface area contributed by atoms with Crippen LogP contribution in [-0.4, -0.2) is 47.3 Å². The molecule has 0 unspecified atom stereocenters. The van der Waals surface area contributed by atoms with E-state index < -0.39 is 0 Å². The maximum absolute atomic E-state index is 8.99. The zero-order chi connectivity index (χ0) is 17.2. The van der Waals surface area contributed by atoms with Gasteiger partial charge in [-0.1, -0.05) is 18.8 Å². The minimum absolute atomic E-state index is 0.208. The summed E-state index contributed by atoms with van der Waals surface area (Å²) in [6, 6.07) is 4.67. The van der Waals surface area contributed by atoms with Gasteiger partial charge in [-0.2, -0.15) is 0 Å². The molecule has 1 saturated carbocycles. The van der Waals surface area contributed by atoms with E-state index in [0.717, 1.165) is 29.8 Å². The van der Waals surface area contributed by atoms with Crippen molar-refractivity contribution in [2.45, 2.75) is 45.2 Å². The number of hydrogen-bond acceptors (Lipinski definition) is 4. The van der Waals surface area contributed by atoms with Crippen LogP contribution < -0.4 is 5.32 Å². The summed E-state index contributed by atoms with van der Waals surface area (Å²) in [5.41, 5.74) is 1.09. The zero-order valence-corrected chi connectivity index (χ0v) is 16.1. The number of nitrogens with one attached hydrogen (secondary N) is 1. The molecule has 0 amide bonds. The molecule has 5 heteroatoms. The SMILES string of the molecule is CCN(CC#CC1CCC(NCc2ccc(Br)cn2)CC1)CCO. The number of halogens is 1. The molecule has 0 aliphatic heterocycles. The Kier molecular flexibility index (Phi) is 8.76. The fourth-order valence-corrected chi connectivity index (χ4v) is 3.23. The standard InChI is InChI=1S/C19H28BrN3O/c1-2-23(12-13-24)11-3-4-16-5-8-18(9-6-16)22-15-19-10-7-17(20)14-21-19/h7,10,14,16,18,22,24H,2,5-6,8-9,11-13,15H2,1H3. The first-order chi connectivity index (χ1) is 11.7. The smallest absolute Gasteiger partial charge is 0.0602 e. The van der Waals surface area contributed by atoms with Crippen molar-refractivity contribution in [2.75, 3.05) is 26.2 Å². The van der Waals surface area contributed by atoms with E-state index in [4.69, 9.17) is 5.11 Å². The van der Waals surface area contributed by atoms with Gasteiger partial charge in [-0.05, 0) is 60.3 Å². The lowest BCUT2D eigenvalue weighted by Crippen LogP contribution is -2.32. The van der Waals surface area contributed by atoms with E-state index in [1.54, 1.807) is 0 Å². The van der Waals surface area contributed by atoms with Gasteiger partial charge in [0.25, 0.3) is 0 Å². The van der Waals surface area contributed by atoms with Gasteiger partial charge in [-0.15, -0.1) is 0 Å². The van der Waals surface area contributed by atoms with Crippen LogP contribution in [-0.2, 0) is 6.54 Å². The maximum Gasteiger partial charge on any atom is 0.0602 e. The van der Waals surface area contributed by atoms with E-state index in [9.17, 15) is 0 Å². The van der Waals surface area contributed by atoms with Crippen LogP contribution in [0.15, 0.2) is 22.8 Å². The highest BCUT2D eigenvalue weighted by Gasteiger charge is 2.19. The Morgan fingerprint density at radius 2 is 2.12 bits per heavy atom. The number of aromatic nitrogens is 1. The van der Waals surface area contributed by atoms with Gasteiger partial charge in [0.05, 0.1) is 18.8 Å². The van der Waals surface area contributed by atoms with E-state index in [0.29, 0.717) is 18.5 Å². The highest BCUT2D eigenvalue weighted by molar-refractivity contribution is 9.10. The summed E-state index contributed by atoms with van der Waals surface area (Å²) in [5.74, 6) is 7.25. The quantitative estimate of drug-likeness (QED) is 0.699. The number of likely N-dealkylation sites (N-methyl/N-ethyl adjacent to an activating group) is 1. The molecule has 0 atom stereocenters. The van der Waals surface area contributed by atoms with Gasteiger partial charge < -0.3 is 10.4 Å². The van der Waals surface area contributed by atoms with Gasteiger partial charge in [0, 0.05) is 35.7 Å². The Morgan fingerprint density at radius 3 is 2.75 bits per heavy atom. The van der Waals surface area contributed by atoms with Crippen LogP contribution in [0.3, 0.4) is 0 Å². The highest BCUT2D eigenvalue weighted by atomic mass is 79.9. The number of pyridine rings is 1. The first-order valence-corrected chi connectivity index (χ1v) is 9.66. The number of nitrogens with zero attached hydrogens (tertiary/aromatic N) is 2. The normalized spacial score (nSPS) is 20.7. The summed E-state index contributed by atoms with van der Waals surface area (Å²) in [6.07, 6.45) is 6.56. The Balaban J connectivity index is 1.67. The summed E-state index contributed by atoms with van der Waals surface area (Å²) >= 11 is 3.41. The minimum atomic E-state index is 0.208. The second-order valence-electron chi connectivity index (χ2n) is 6.31. The average Bonchev–Trinajstić information content (AvgIpc) is 2.61. The molecular weight excluding hydrogens is 366 g/mol. The van der Waals surface area contributed by atoms with Crippen LogP contribution in [0, 0.1) is 17.8 Å². The molecule has 1 aliphatic rings. The molecule has 1 aromatic heterocycles.